The summed E-state index contributed by atoms with van der Waals surface area (Å²) in [4.78, 5) is 42.2. The summed E-state index contributed by atoms with van der Waals surface area (Å²) in [6.07, 6.45) is 3.38. The van der Waals surface area contributed by atoms with Crippen LogP contribution in [0.1, 0.15) is 27.1 Å². The molecule has 3 aromatic rings. The second-order valence-corrected chi connectivity index (χ2v) is 7.99. The fourth-order valence-electron chi connectivity index (χ4n) is 3.74. The number of rotatable bonds is 8. The van der Waals surface area contributed by atoms with Crippen molar-refractivity contribution in [3.63, 3.8) is 0 Å². The summed E-state index contributed by atoms with van der Waals surface area (Å²) in [5, 5.41) is 5.71. The number of aromatic nitrogens is 1. The summed E-state index contributed by atoms with van der Waals surface area (Å²) in [5.41, 5.74) is 6.82. The van der Waals surface area contributed by atoms with E-state index in [-0.39, 0.29) is 29.2 Å². The Morgan fingerprint density at radius 3 is 2.54 bits per heavy atom. The number of carbonyl (C=O) groups excluding carboxylic acids is 3. The first-order valence-electron chi connectivity index (χ1n) is 11.0. The summed E-state index contributed by atoms with van der Waals surface area (Å²) in [7, 11) is 0. The number of hydrogen-bond donors (Lipinski definition) is 3. The Morgan fingerprint density at radius 2 is 1.86 bits per heavy atom. The average Bonchev–Trinajstić information content (AvgIpc) is 3.34. The number of pyridine rings is 1. The molecule has 1 fully saturated rings. The maximum atomic E-state index is 12.3. The first-order chi connectivity index (χ1) is 16.9. The Labute approximate surface area is 202 Å². The molecule has 0 aliphatic carbocycles. The summed E-state index contributed by atoms with van der Waals surface area (Å²) < 4.78 is 5.96. The highest BCUT2D eigenvalue weighted by Crippen LogP contribution is 2.30. The number of primary amides is 1. The van der Waals surface area contributed by atoms with E-state index in [2.05, 4.69) is 22.2 Å². The maximum absolute atomic E-state index is 12.3. The molecule has 9 nitrogen and oxygen atoms in total. The van der Waals surface area contributed by atoms with Gasteiger partial charge in [0.2, 0.25) is 5.91 Å². The SMILES string of the molecule is C=CC(=O)NC1CCN(c2cc(Oc3ccc(NC(=O)c4ccccc4)cc3)c(C(N)=O)cn2)C1. The summed E-state index contributed by atoms with van der Waals surface area (Å²) in [5.74, 6) is 0.223. The van der Waals surface area contributed by atoms with Crippen LogP contribution in [0, 0.1) is 0 Å². The molecule has 178 valence electrons. The van der Waals surface area contributed by atoms with E-state index in [0.717, 1.165) is 6.42 Å². The molecular weight excluding hydrogens is 446 g/mol. The highest BCUT2D eigenvalue weighted by molar-refractivity contribution is 6.04. The van der Waals surface area contributed by atoms with E-state index in [1.165, 1.54) is 12.3 Å². The molecular formula is C26H25N5O4. The molecule has 1 saturated heterocycles. The van der Waals surface area contributed by atoms with Crippen molar-refractivity contribution in [2.45, 2.75) is 12.5 Å². The number of nitrogens with two attached hydrogens (primary N) is 1. The van der Waals surface area contributed by atoms with Crippen molar-refractivity contribution in [2.75, 3.05) is 23.3 Å². The zero-order valence-corrected chi connectivity index (χ0v) is 18.9. The van der Waals surface area contributed by atoms with Gasteiger partial charge >= 0.3 is 0 Å². The van der Waals surface area contributed by atoms with Gasteiger partial charge < -0.3 is 26.0 Å². The molecule has 0 radical (unpaired) electrons. The number of anilines is 2. The van der Waals surface area contributed by atoms with E-state index >= 15 is 0 Å². The van der Waals surface area contributed by atoms with Crippen LogP contribution in [0.25, 0.3) is 0 Å². The number of nitrogens with one attached hydrogen (secondary N) is 2. The van der Waals surface area contributed by atoms with E-state index < -0.39 is 5.91 Å². The lowest BCUT2D eigenvalue weighted by atomic mass is 10.2. The lowest BCUT2D eigenvalue weighted by Crippen LogP contribution is -2.36. The Hall–Kier alpha value is -4.66. The highest BCUT2D eigenvalue weighted by atomic mass is 16.5. The molecule has 1 atom stereocenters. The molecule has 1 aromatic heterocycles. The first-order valence-corrected chi connectivity index (χ1v) is 11.0. The fraction of sp³-hybridized carbons (Fsp3) is 0.154. The summed E-state index contributed by atoms with van der Waals surface area (Å²) in [6.45, 7) is 4.72. The number of benzene rings is 2. The van der Waals surface area contributed by atoms with Gasteiger partial charge in [-0.05, 0) is 48.9 Å². The minimum atomic E-state index is -0.664. The number of ether oxygens (including phenoxy) is 1. The van der Waals surface area contributed by atoms with Gasteiger partial charge in [-0.1, -0.05) is 24.8 Å². The van der Waals surface area contributed by atoms with E-state index in [0.29, 0.717) is 35.9 Å². The van der Waals surface area contributed by atoms with Crippen molar-refractivity contribution in [3.8, 4) is 11.5 Å². The third-order valence-electron chi connectivity index (χ3n) is 5.54. The molecule has 2 aromatic carbocycles. The molecule has 35 heavy (non-hydrogen) atoms. The third-order valence-corrected chi connectivity index (χ3v) is 5.54. The molecule has 0 bridgehead atoms. The molecule has 1 unspecified atom stereocenters. The zero-order valence-electron chi connectivity index (χ0n) is 18.9. The monoisotopic (exact) mass is 471 g/mol. The van der Waals surface area contributed by atoms with Gasteiger partial charge in [0.15, 0.2) is 0 Å². The van der Waals surface area contributed by atoms with Gasteiger partial charge in [0, 0.05) is 42.6 Å². The first kappa shape index (κ1) is 23.5. The Balaban J connectivity index is 1.47. The Bertz CT molecular complexity index is 1240. The van der Waals surface area contributed by atoms with Gasteiger partial charge in [-0.2, -0.15) is 0 Å². The van der Waals surface area contributed by atoms with Crippen LogP contribution >= 0.6 is 0 Å². The van der Waals surface area contributed by atoms with Crippen LogP contribution < -0.4 is 26.0 Å². The number of amides is 3. The number of carbonyl (C=O) groups is 3. The lowest BCUT2D eigenvalue weighted by molar-refractivity contribution is -0.117. The minimum Gasteiger partial charge on any atom is -0.456 e. The zero-order chi connectivity index (χ0) is 24.8. The molecule has 1 aliphatic heterocycles. The van der Waals surface area contributed by atoms with Crippen LogP contribution in [0.3, 0.4) is 0 Å². The normalized spacial score (nSPS) is 14.7. The molecule has 2 heterocycles. The van der Waals surface area contributed by atoms with Gasteiger partial charge in [0.05, 0.1) is 0 Å². The molecule has 1 aliphatic rings. The van der Waals surface area contributed by atoms with Crippen molar-refractivity contribution in [3.05, 3.63) is 90.6 Å². The van der Waals surface area contributed by atoms with E-state index in [1.54, 1.807) is 54.6 Å². The molecule has 9 heteroatoms. The van der Waals surface area contributed by atoms with Crippen LogP contribution in [-0.4, -0.2) is 41.8 Å². The van der Waals surface area contributed by atoms with Gasteiger partial charge in [-0.3, -0.25) is 14.4 Å². The van der Waals surface area contributed by atoms with Gasteiger partial charge in [0.25, 0.3) is 11.8 Å². The van der Waals surface area contributed by atoms with Crippen LogP contribution in [0.2, 0.25) is 0 Å². The standard InChI is InChI=1S/C26H25N5O4/c1-2-24(32)29-19-12-13-31(16-19)23-14-22(21(15-28-23)25(27)33)35-20-10-8-18(9-11-20)30-26(34)17-6-4-3-5-7-17/h2-11,14-15,19H,1,12-13,16H2,(H2,27,33)(H,29,32)(H,30,34). The highest BCUT2D eigenvalue weighted by Gasteiger charge is 2.25. The van der Waals surface area contributed by atoms with Crippen LogP contribution in [-0.2, 0) is 4.79 Å². The third kappa shape index (κ3) is 5.83. The van der Waals surface area contributed by atoms with Gasteiger partial charge in [-0.15, -0.1) is 0 Å². The fourth-order valence-corrected chi connectivity index (χ4v) is 3.74. The minimum absolute atomic E-state index is 0.0267. The van der Waals surface area contributed by atoms with Crippen molar-refractivity contribution in [1.29, 1.82) is 0 Å². The largest absolute Gasteiger partial charge is 0.456 e. The smallest absolute Gasteiger partial charge is 0.255 e. The molecule has 0 spiro atoms. The van der Waals surface area contributed by atoms with Crippen LogP contribution in [0.4, 0.5) is 11.5 Å². The van der Waals surface area contributed by atoms with E-state index in [4.69, 9.17) is 10.5 Å². The summed E-state index contributed by atoms with van der Waals surface area (Å²) in [6, 6.07) is 17.3. The quantitative estimate of drug-likeness (QED) is 0.433. The van der Waals surface area contributed by atoms with Crippen LogP contribution in [0.5, 0.6) is 11.5 Å². The van der Waals surface area contributed by atoms with Crippen LogP contribution in [0.15, 0.2) is 79.5 Å². The predicted octanol–water partition coefficient (Wildman–Crippen LogP) is 3.11. The summed E-state index contributed by atoms with van der Waals surface area (Å²) >= 11 is 0. The maximum Gasteiger partial charge on any atom is 0.255 e. The Morgan fingerprint density at radius 1 is 1.11 bits per heavy atom. The van der Waals surface area contributed by atoms with Crippen molar-refractivity contribution < 1.29 is 19.1 Å². The second-order valence-electron chi connectivity index (χ2n) is 7.99. The topological polar surface area (TPSA) is 127 Å². The second kappa shape index (κ2) is 10.5. The number of nitrogens with zero attached hydrogens (tertiary/aromatic N) is 2. The van der Waals surface area contributed by atoms with Crippen molar-refractivity contribution in [1.82, 2.24) is 10.3 Å². The lowest BCUT2D eigenvalue weighted by Gasteiger charge is -2.19. The van der Waals surface area contributed by atoms with E-state index in [9.17, 15) is 14.4 Å². The molecule has 4 rings (SSSR count). The van der Waals surface area contributed by atoms with Gasteiger partial charge in [0.1, 0.15) is 22.9 Å². The predicted molar refractivity (Wildman–Crippen MR) is 133 cm³/mol. The van der Waals surface area contributed by atoms with Crippen molar-refractivity contribution >= 4 is 29.2 Å². The average molecular weight is 472 g/mol. The van der Waals surface area contributed by atoms with Gasteiger partial charge in [-0.25, -0.2) is 4.98 Å². The molecule has 0 saturated carbocycles. The Kier molecular flexibility index (Phi) is 7.06. The number of hydrogen-bond acceptors (Lipinski definition) is 6. The molecule has 3 amide bonds. The molecule has 4 N–H and O–H groups in total. The van der Waals surface area contributed by atoms with E-state index in [1.807, 2.05) is 11.0 Å². The van der Waals surface area contributed by atoms with Crippen molar-refractivity contribution in [2.24, 2.45) is 5.73 Å².